The molecule has 1 aromatic rings. The first-order valence-corrected chi connectivity index (χ1v) is 14.3. The van der Waals surface area contributed by atoms with Crippen molar-refractivity contribution in [1.29, 1.82) is 5.41 Å². The van der Waals surface area contributed by atoms with Gasteiger partial charge >= 0.3 is 5.97 Å². The van der Waals surface area contributed by atoms with Gasteiger partial charge in [0.25, 0.3) is 0 Å². The van der Waals surface area contributed by atoms with Gasteiger partial charge in [-0.2, -0.15) is 4.72 Å². The van der Waals surface area contributed by atoms with Crippen LogP contribution in [-0.2, 0) is 29.1 Å². The number of carbonyl (C=O) groups excluding carboxylic acids is 3. The number of likely N-dealkylation sites (tertiary alicyclic amines) is 1. The molecule has 1 saturated carbocycles. The fraction of sp³-hybridized carbons (Fsp3) is 0.625. The van der Waals surface area contributed by atoms with E-state index in [-0.39, 0.29) is 42.4 Å². The number of esters is 1. The maximum atomic E-state index is 13.6. The highest BCUT2D eigenvalue weighted by molar-refractivity contribution is 7.89. The van der Waals surface area contributed by atoms with E-state index < -0.39 is 40.3 Å². The number of guanidine groups is 1. The molecule has 5 N–H and O–H groups in total. The molecule has 2 fully saturated rings. The zero-order chi connectivity index (χ0) is 27.7. The smallest absolute Gasteiger partial charge is 0.307 e. The van der Waals surface area contributed by atoms with Crippen molar-refractivity contribution >= 4 is 33.8 Å². The highest BCUT2D eigenvalue weighted by Crippen LogP contribution is 2.28. The minimum atomic E-state index is -4.16. The minimum Gasteiger partial charge on any atom is -0.466 e. The number of nitrogens with two attached hydrogens (primary N) is 1. The summed E-state index contributed by atoms with van der Waals surface area (Å²) in [5.41, 5.74) is 5.59. The Morgan fingerprint density at radius 1 is 1.32 bits per heavy atom. The number of nitrogens with zero attached hydrogens (tertiary/aromatic N) is 3. The van der Waals surface area contributed by atoms with E-state index in [1.54, 1.807) is 11.8 Å². The Labute approximate surface area is 223 Å². The van der Waals surface area contributed by atoms with Crippen molar-refractivity contribution in [2.45, 2.75) is 62.4 Å². The summed E-state index contributed by atoms with van der Waals surface area (Å²) in [6.45, 7) is 3.51. The van der Waals surface area contributed by atoms with E-state index in [0.29, 0.717) is 19.6 Å². The maximum absolute atomic E-state index is 13.6. The number of carbonyl (C=O) groups is 3. The molecule has 14 heteroatoms. The Morgan fingerprint density at radius 3 is 2.71 bits per heavy atom. The number of rotatable bonds is 13. The molecule has 1 saturated heterocycles. The summed E-state index contributed by atoms with van der Waals surface area (Å²) in [5.74, 6) is -1.45. The molecular weight excluding hydrogens is 514 g/mol. The minimum absolute atomic E-state index is 0.0144. The van der Waals surface area contributed by atoms with Crippen LogP contribution in [0.25, 0.3) is 0 Å². The molecule has 0 bridgehead atoms. The normalized spacial score (nSPS) is 18.3. The van der Waals surface area contributed by atoms with Crippen LogP contribution in [0.2, 0.25) is 0 Å². The van der Waals surface area contributed by atoms with Crippen molar-refractivity contribution in [1.82, 2.24) is 24.8 Å². The monoisotopic (exact) mass is 551 g/mol. The van der Waals surface area contributed by atoms with Crippen molar-refractivity contribution in [3.8, 4) is 0 Å². The van der Waals surface area contributed by atoms with Crippen LogP contribution in [0.3, 0.4) is 0 Å². The first kappa shape index (κ1) is 29.3. The van der Waals surface area contributed by atoms with Crippen molar-refractivity contribution in [3.63, 3.8) is 0 Å². The largest absolute Gasteiger partial charge is 0.466 e. The zero-order valence-corrected chi connectivity index (χ0v) is 22.4. The van der Waals surface area contributed by atoms with Crippen molar-refractivity contribution in [2.75, 3.05) is 32.8 Å². The molecule has 1 aliphatic carbocycles. The number of piperidine rings is 1. The summed E-state index contributed by atoms with van der Waals surface area (Å²) in [5, 5.41) is 10.4. The molecule has 3 rings (SSSR count). The van der Waals surface area contributed by atoms with Crippen LogP contribution >= 0.6 is 0 Å². The van der Waals surface area contributed by atoms with Crippen LogP contribution in [0, 0.1) is 11.3 Å². The third-order valence-corrected chi connectivity index (χ3v) is 7.97. The van der Waals surface area contributed by atoms with Crippen LogP contribution in [0.5, 0.6) is 0 Å². The highest BCUT2D eigenvalue weighted by atomic mass is 32.2. The van der Waals surface area contributed by atoms with Crippen molar-refractivity contribution in [3.05, 3.63) is 24.5 Å². The van der Waals surface area contributed by atoms with E-state index in [9.17, 15) is 22.8 Å². The summed E-state index contributed by atoms with van der Waals surface area (Å²) < 4.78 is 33.4. The predicted molar refractivity (Wildman–Crippen MR) is 138 cm³/mol. The van der Waals surface area contributed by atoms with Gasteiger partial charge in [-0.1, -0.05) is 0 Å². The van der Waals surface area contributed by atoms with Crippen LogP contribution < -0.4 is 15.8 Å². The number of hydrogen-bond acceptors (Lipinski definition) is 8. The highest BCUT2D eigenvalue weighted by Gasteiger charge is 2.38. The van der Waals surface area contributed by atoms with Gasteiger partial charge in [-0.3, -0.25) is 24.8 Å². The number of hydrogen-bond donors (Lipinski definition) is 4. The van der Waals surface area contributed by atoms with Crippen LogP contribution in [0.15, 0.2) is 29.4 Å². The van der Waals surface area contributed by atoms with E-state index in [2.05, 4.69) is 15.0 Å². The SMILES string of the molecule is CCOC(=O)CCN(C(=O)[C@H](CC(=O)NC[C@@H]1CCCN(C(=N)N)C1)NS(=O)(=O)c1cccnc1)C1CC1. The Hall–Kier alpha value is -3.26. The molecule has 2 amide bonds. The van der Waals surface area contributed by atoms with Gasteiger partial charge in [0.15, 0.2) is 5.96 Å². The molecule has 210 valence electrons. The molecule has 13 nitrogen and oxygen atoms in total. The van der Waals surface area contributed by atoms with Crippen LogP contribution in [0.1, 0.15) is 45.4 Å². The number of ether oxygens (including phenoxy) is 1. The molecule has 0 radical (unpaired) electrons. The number of sulfonamides is 1. The third-order valence-electron chi connectivity index (χ3n) is 6.51. The Balaban J connectivity index is 1.71. The van der Waals surface area contributed by atoms with Crippen LogP contribution in [0.4, 0.5) is 0 Å². The average Bonchev–Trinajstić information content (AvgIpc) is 3.73. The van der Waals surface area contributed by atoms with Gasteiger partial charge in [0.05, 0.1) is 19.4 Å². The second-order valence-corrected chi connectivity index (χ2v) is 11.2. The van der Waals surface area contributed by atoms with Gasteiger partial charge in [-0.15, -0.1) is 0 Å². The topological polar surface area (TPSA) is 188 Å². The predicted octanol–water partition coefficient (Wildman–Crippen LogP) is -0.216. The van der Waals surface area contributed by atoms with E-state index in [1.165, 1.54) is 23.2 Å². The molecular formula is C24H37N7O6S. The van der Waals surface area contributed by atoms with Gasteiger partial charge < -0.3 is 25.6 Å². The quantitative estimate of drug-likeness (QED) is 0.146. The first-order valence-electron chi connectivity index (χ1n) is 12.8. The summed E-state index contributed by atoms with van der Waals surface area (Å²) in [6, 6.07) is 1.32. The second-order valence-electron chi connectivity index (χ2n) is 9.53. The number of pyridine rings is 1. The fourth-order valence-electron chi connectivity index (χ4n) is 4.41. The summed E-state index contributed by atoms with van der Waals surface area (Å²) in [6.07, 6.45) is 5.30. The molecule has 2 aliphatic rings. The Morgan fingerprint density at radius 2 is 2.08 bits per heavy atom. The van der Waals surface area contributed by atoms with Gasteiger partial charge in [0.2, 0.25) is 21.8 Å². The number of amides is 2. The first-order chi connectivity index (χ1) is 18.1. The average molecular weight is 552 g/mol. The lowest BCUT2D eigenvalue weighted by atomic mass is 9.98. The molecule has 0 spiro atoms. The van der Waals surface area contributed by atoms with Gasteiger partial charge in [-0.25, -0.2) is 8.42 Å². The lowest BCUT2D eigenvalue weighted by molar-refractivity contribution is -0.144. The molecule has 0 aromatic carbocycles. The van der Waals surface area contributed by atoms with E-state index in [4.69, 9.17) is 15.9 Å². The molecule has 0 unspecified atom stereocenters. The van der Waals surface area contributed by atoms with Gasteiger partial charge in [-0.05, 0) is 50.7 Å². The standard InChI is InChI=1S/C24H37N7O6S/c1-2-37-22(33)9-12-31(18-7-8-18)23(34)20(29-38(35,36)19-6-3-10-27-15-19)13-21(32)28-14-17-5-4-11-30(16-17)24(25)26/h3,6,10,15,17-18,20,29H,2,4-5,7-9,11-14,16H2,1H3,(H3,25,26)(H,28,32)/t17-,20-/m0/s1. The Kier molecular flexibility index (Phi) is 10.4. The van der Waals surface area contributed by atoms with E-state index in [1.807, 2.05) is 0 Å². The zero-order valence-electron chi connectivity index (χ0n) is 21.6. The summed E-state index contributed by atoms with van der Waals surface area (Å²) >= 11 is 0. The van der Waals surface area contributed by atoms with E-state index >= 15 is 0 Å². The third kappa shape index (κ3) is 8.65. The number of nitrogens with one attached hydrogen (secondary N) is 3. The molecule has 1 aliphatic heterocycles. The number of aromatic nitrogens is 1. The van der Waals surface area contributed by atoms with Crippen molar-refractivity contribution in [2.24, 2.45) is 11.7 Å². The van der Waals surface area contributed by atoms with Crippen LogP contribution in [-0.4, -0.2) is 91.8 Å². The molecule has 2 heterocycles. The summed E-state index contributed by atoms with van der Waals surface area (Å²) in [7, 11) is -4.16. The lowest BCUT2D eigenvalue weighted by Gasteiger charge is -2.33. The van der Waals surface area contributed by atoms with Gasteiger partial charge in [0.1, 0.15) is 10.9 Å². The van der Waals surface area contributed by atoms with E-state index in [0.717, 1.165) is 31.9 Å². The molecule has 38 heavy (non-hydrogen) atoms. The maximum Gasteiger partial charge on any atom is 0.307 e. The molecule has 2 atom stereocenters. The fourth-order valence-corrected chi connectivity index (χ4v) is 5.56. The summed E-state index contributed by atoms with van der Waals surface area (Å²) in [4.78, 5) is 45.3. The second kappa shape index (κ2) is 13.5. The van der Waals surface area contributed by atoms with Crippen molar-refractivity contribution < 1.29 is 27.5 Å². The molecule has 1 aromatic heterocycles. The Bertz CT molecular complexity index is 1100. The van der Waals surface area contributed by atoms with Gasteiger partial charge in [0, 0.05) is 44.6 Å². The lowest BCUT2D eigenvalue weighted by Crippen LogP contribution is -2.52.